The van der Waals surface area contributed by atoms with E-state index in [1.165, 1.54) is 32.2 Å². The van der Waals surface area contributed by atoms with E-state index in [4.69, 9.17) is 0 Å². The predicted molar refractivity (Wildman–Crippen MR) is 85.8 cm³/mol. The van der Waals surface area contributed by atoms with Crippen LogP contribution in [-0.4, -0.2) is 51.1 Å². The third-order valence-electron chi connectivity index (χ3n) is 3.15. The van der Waals surface area contributed by atoms with E-state index in [1.807, 2.05) is 7.05 Å². The van der Waals surface area contributed by atoms with Crippen LogP contribution in [0.4, 0.5) is 0 Å². The number of nitrogens with zero attached hydrogens (tertiary/aromatic N) is 2. The highest BCUT2D eigenvalue weighted by Crippen LogP contribution is 2.01. The lowest BCUT2D eigenvalue weighted by Gasteiger charge is -2.18. The number of nitrogens with one attached hydrogen (secondary N) is 2. The molecule has 0 aromatic rings. The zero-order valence-corrected chi connectivity index (χ0v) is 13.6. The summed E-state index contributed by atoms with van der Waals surface area (Å²) in [5, 5.41) is 6.72. The largest absolute Gasteiger partial charge is 0.356 e. The summed E-state index contributed by atoms with van der Waals surface area (Å²) in [7, 11) is 4.01. The molecule has 114 valence electrons. The number of guanidine groups is 1. The van der Waals surface area contributed by atoms with Gasteiger partial charge in [-0.1, -0.05) is 27.2 Å². The molecule has 0 aliphatic rings. The molecule has 0 saturated carbocycles. The Balaban J connectivity index is 3.59. The maximum atomic E-state index is 4.24. The molecule has 4 heteroatoms. The molecule has 0 aliphatic heterocycles. The first kappa shape index (κ1) is 18.2. The zero-order chi connectivity index (χ0) is 14.5. The normalized spacial score (nSPS) is 12.3. The van der Waals surface area contributed by atoms with E-state index in [0.717, 1.165) is 31.5 Å². The highest BCUT2D eigenvalue weighted by atomic mass is 15.2. The molecule has 0 fully saturated rings. The average Bonchev–Trinajstić information content (AvgIpc) is 2.38. The van der Waals surface area contributed by atoms with Crippen molar-refractivity contribution in [3.8, 4) is 0 Å². The Morgan fingerprint density at radius 3 is 2.37 bits per heavy atom. The second kappa shape index (κ2) is 12.3. The summed E-state index contributed by atoms with van der Waals surface area (Å²) >= 11 is 0. The summed E-state index contributed by atoms with van der Waals surface area (Å²) in [6.07, 6.45) is 5.01. The first-order chi connectivity index (χ1) is 9.10. The van der Waals surface area contributed by atoms with Crippen LogP contribution in [0, 0.1) is 5.92 Å². The Kier molecular flexibility index (Phi) is 11.8. The van der Waals surface area contributed by atoms with Crippen molar-refractivity contribution in [2.45, 2.75) is 46.5 Å². The van der Waals surface area contributed by atoms with Gasteiger partial charge in [0.1, 0.15) is 0 Å². The van der Waals surface area contributed by atoms with Crippen molar-refractivity contribution < 1.29 is 0 Å². The van der Waals surface area contributed by atoms with E-state index in [-0.39, 0.29) is 0 Å². The maximum Gasteiger partial charge on any atom is 0.191 e. The zero-order valence-electron chi connectivity index (χ0n) is 13.6. The van der Waals surface area contributed by atoms with Crippen LogP contribution in [0.2, 0.25) is 0 Å². The molecule has 0 aromatic heterocycles. The van der Waals surface area contributed by atoms with Gasteiger partial charge in [0, 0.05) is 26.7 Å². The predicted octanol–water partition coefficient (Wildman–Crippen LogP) is 2.32. The van der Waals surface area contributed by atoms with Crippen LogP contribution < -0.4 is 10.6 Å². The van der Waals surface area contributed by atoms with Gasteiger partial charge in [0.2, 0.25) is 0 Å². The average molecular weight is 270 g/mol. The molecule has 2 N–H and O–H groups in total. The molecule has 0 unspecified atom stereocenters. The van der Waals surface area contributed by atoms with E-state index < -0.39 is 0 Å². The summed E-state index contributed by atoms with van der Waals surface area (Å²) in [6.45, 7) is 11.0. The SMILES string of the molecule is CCCCN(C)CCNC(=NC)NCCCC(C)C. The molecular weight excluding hydrogens is 236 g/mol. The highest BCUT2D eigenvalue weighted by molar-refractivity contribution is 5.79. The van der Waals surface area contributed by atoms with Gasteiger partial charge >= 0.3 is 0 Å². The summed E-state index contributed by atoms with van der Waals surface area (Å²) in [5.74, 6) is 1.71. The fourth-order valence-corrected chi connectivity index (χ4v) is 1.84. The van der Waals surface area contributed by atoms with Crippen LogP contribution in [0.1, 0.15) is 46.5 Å². The molecule has 0 aromatic carbocycles. The van der Waals surface area contributed by atoms with Gasteiger partial charge in [-0.15, -0.1) is 0 Å². The maximum absolute atomic E-state index is 4.24. The lowest BCUT2D eigenvalue weighted by molar-refractivity contribution is 0.332. The van der Waals surface area contributed by atoms with Crippen molar-refractivity contribution in [1.82, 2.24) is 15.5 Å². The quantitative estimate of drug-likeness (QED) is 0.363. The summed E-state index contributed by atoms with van der Waals surface area (Å²) in [5.41, 5.74) is 0. The summed E-state index contributed by atoms with van der Waals surface area (Å²) < 4.78 is 0. The third-order valence-corrected chi connectivity index (χ3v) is 3.15. The van der Waals surface area contributed by atoms with Crippen LogP contribution in [0.5, 0.6) is 0 Å². The number of aliphatic imine (C=N–C) groups is 1. The Morgan fingerprint density at radius 2 is 1.79 bits per heavy atom. The fraction of sp³-hybridized carbons (Fsp3) is 0.933. The van der Waals surface area contributed by atoms with Gasteiger partial charge in [0.15, 0.2) is 5.96 Å². The molecule has 0 radical (unpaired) electrons. The number of unbranched alkanes of at least 4 members (excludes halogenated alkanes) is 1. The van der Waals surface area contributed by atoms with Crippen LogP contribution in [0.3, 0.4) is 0 Å². The molecule has 0 saturated heterocycles. The Morgan fingerprint density at radius 1 is 1.11 bits per heavy atom. The number of hydrogen-bond donors (Lipinski definition) is 2. The minimum atomic E-state index is 0.781. The molecule has 4 nitrogen and oxygen atoms in total. The van der Waals surface area contributed by atoms with Gasteiger partial charge in [-0.05, 0) is 38.8 Å². The Labute approximate surface area is 120 Å². The number of likely N-dealkylation sites (N-methyl/N-ethyl adjacent to an activating group) is 1. The van der Waals surface area contributed by atoms with Crippen molar-refractivity contribution in [3.63, 3.8) is 0 Å². The fourth-order valence-electron chi connectivity index (χ4n) is 1.84. The second-order valence-corrected chi connectivity index (χ2v) is 5.62. The standard InChI is InChI=1S/C15H34N4/c1-6-7-12-19(5)13-11-18-15(16-4)17-10-8-9-14(2)3/h14H,6-13H2,1-5H3,(H2,16,17,18). The molecule has 0 atom stereocenters. The van der Waals surface area contributed by atoms with Gasteiger partial charge in [-0.2, -0.15) is 0 Å². The highest BCUT2D eigenvalue weighted by Gasteiger charge is 2.00. The first-order valence-electron chi connectivity index (χ1n) is 7.73. The topological polar surface area (TPSA) is 39.7 Å². The molecule has 0 amide bonds. The van der Waals surface area contributed by atoms with Crippen molar-refractivity contribution in [1.29, 1.82) is 0 Å². The van der Waals surface area contributed by atoms with Crippen molar-refractivity contribution in [3.05, 3.63) is 0 Å². The smallest absolute Gasteiger partial charge is 0.191 e. The monoisotopic (exact) mass is 270 g/mol. The summed E-state index contributed by atoms with van der Waals surface area (Å²) in [4.78, 5) is 6.60. The summed E-state index contributed by atoms with van der Waals surface area (Å²) in [6, 6.07) is 0. The van der Waals surface area contributed by atoms with E-state index >= 15 is 0 Å². The van der Waals surface area contributed by atoms with Crippen LogP contribution in [-0.2, 0) is 0 Å². The number of hydrogen-bond acceptors (Lipinski definition) is 2. The first-order valence-corrected chi connectivity index (χ1v) is 7.73. The van der Waals surface area contributed by atoms with Gasteiger partial charge < -0.3 is 15.5 Å². The van der Waals surface area contributed by atoms with Crippen LogP contribution in [0.15, 0.2) is 4.99 Å². The van der Waals surface area contributed by atoms with E-state index in [9.17, 15) is 0 Å². The van der Waals surface area contributed by atoms with Crippen molar-refractivity contribution in [2.75, 3.05) is 40.3 Å². The third kappa shape index (κ3) is 12.0. The minimum absolute atomic E-state index is 0.781. The van der Waals surface area contributed by atoms with E-state index in [0.29, 0.717) is 0 Å². The van der Waals surface area contributed by atoms with Gasteiger partial charge in [-0.3, -0.25) is 4.99 Å². The lowest BCUT2D eigenvalue weighted by atomic mass is 10.1. The number of rotatable bonds is 10. The second-order valence-electron chi connectivity index (χ2n) is 5.62. The molecule has 19 heavy (non-hydrogen) atoms. The molecule has 0 bridgehead atoms. The molecule has 0 rings (SSSR count). The van der Waals surface area contributed by atoms with Gasteiger partial charge in [0.05, 0.1) is 0 Å². The molecule has 0 heterocycles. The lowest BCUT2D eigenvalue weighted by Crippen LogP contribution is -2.41. The molecule has 0 spiro atoms. The van der Waals surface area contributed by atoms with Gasteiger partial charge in [-0.25, -0.2) is 0 Å². The van der Waals surface area contributed by atoms with Crippen LogP contribution in [0.25, 0.3) is 0 Å². The van der Waals surface area contributed by atoms with E-state index in [1.54, 1.807) is 0 Å². The Bertz CT molecular complexity index is 226. The van der Waals surface area contributed by atoms with Gasteiger partial charge in [0.25, 0.3) is 0 Å². The van der Waals surface area contributed by atoms with E-state index in [2.05, 4.69) is 48.3 Å². The molecule has 0 aliphatic carbocycles. The Hall–Kier alpha value is -0.770. The van der Waals surface area contributed by atoms with Crippen molar-refractivity contribution >= 4 is 5.96 Å². The molecular formula is C15H34N4. The van der Waals surface area contributed by atoms with Crippen LogP contribution >= 0.6 is 0 Å². The minimum Gasteiger partial charge on any atom is -0.356 e. The van der Waals surface area contributed by atoms with Crippen molar-refractivity contribution in [2.24, 2.45) is 10.9 Å².